The number of allylic oxidation sites excluding steroid dienone is 1. The molecular formula is C19H23NO. The second-order valence-electron chi connectivity index (χ2n) is 5.43. The maximum atomic E-state index is 11.2. The second-order valence-corrected chi connectivity index (χ2v) is 5.43. The lowest BCUT2D eigenvalue weighted by Crippen LogP contribution is -2.11. The molecule has 0 bridgehead atoms. The van der Waals surface area contributed by atoms with Gasteiger partial charge in [-0.25, -0.2) is 0 Å². The second kappa shape index (κ2) is 7.63. The number of carbonyl (C=O) groups excluding carboxylic acids is 1. The van der Waals surface area contributed by atoms with Crippen molar-refractivity contribution in [3.05, 3.63) is 72.1 Å². The van der Waals surface area contributed by atoms with Gasteiger partial charge in [-0.2, -0.15) is 0 Å². The molecule has 0 aliphatic heterocycles. The van der Waals surface area contributed by atoms with E-state index in [4.69, 9.17) is 0 Å². The van der Waals surface area contributed by atoms with Gasteiger partial charge in [-0.15, -0.1) is 0 Å². The van der Waals surface area contributed by atoms with Crippen LogP contribution in [0.3, 0.4) is 0 Å². The first kappa shape index (κ1) is 15.3. The van der Waals surface area contributed by atoms with E-state index in [0.717, 1.165) is 32.1 Å². The van der Waals surface area contributed by atoms with Gasteiger partial charge in [0.1, 0.15) is 6.29 Å². The fraction of sp³-hybridized carbons (Fsp3) is 0.316. The zero-order valence-corrected chi connectivity index (χ0v) is 12.7. The van der Waals surface area contributed by atoms with Crippen molar-refractivity contribution in [3.63, 3.8) is 0 Å². The largest absolute Gasteiger partial charge is 0.346 e. The van der Waals surface area contributed by atoms with Crippen LogP contribution < -0.4 is 0 Å². The standard InChI is InChI=1S/C19H23NO/c1-3-4-11-18(16(2)15-21)19-12-8-13-20(19)14-17-9-6-5-7-10-17/h5-10,12-13,15,18H,2-4,11,14H2,1H3. The lowest BCUT2D eigenvalue weighted by molar-refractivity contribution is -0.105. The normalized spacial score (nSPS) is 12.0. The van der Waals surface area contributed by atoms with Gasteiger partial charge in [0.05, 0.1) is 0 Å². The molecule has 1 aromatic heterocycles. The minimum absolute atomic E-state index is 0.126. The summed E-state index contributed by atoms with van der Waals surface area (Å²) in [6.45, 7) is 6.95. The van der Waals surface area contributed by atoms with Crippen LogP contribution in [0.15, 0.2) is 60.8 Å². The summed E-state index contributed by atoms with van der Waals surface area (Å²) in [5.41, 5.74) is 3.13. The molecule has 1 unspecified atom stereocenters. The van der Waals surface area contributed by atoms with Gasteiger partial charge in [-0.05, 0) is 29.7 Å². The summed E-state index contributed by atoms with van der Waals surface area (Å²) in [4.78, 5) is 11.2. The number of aromatic nitrogens is 1. The molecule has 0 saturated carbocycles. The molecule has 0 aliphatic rings. The van der Waals surface area contributed by atoms with Crippen LogP contribution in [-0.4, -0.2) is 10.9 Å². The Morgan fingerprint density at radius 1 is 1.24 bits per heavy atom. The van der Waals surface area contributed by atoms with E-state index in [9.17, 15) is 4.79 Å². The van der Waals surface area contributed by atoms with Crippen LogP contribution in [0, 0.1) is 0 Å². The first-order chi connectivity index (χ1) is 10.3. The third-order valence-corrected chi connectivity index (χ3v) is 3.86. The van der Waals surface area contributed by atoms with Gasteiger partial charge >= 0.3 is 0 Å². The molecule has 2 rings (SSSR count). The maximum absolute atomic E-state index is 11.2. The Hall–Kier alpha value is -2.09. The molecular weight excluding hydrogens is 258 g/mol. The average Bonchev–Trinajstić information content (AvgIpc) is 2.96. The predicted octanol–water partition coefficient (Wildman–Crippen LogP) is 4.57. The van der Waals surface area contributed by atoms with Crippen LogP contribution in [0.1, 0.15) is 43.4 Å². The van der Waals surface area contributed by atoms with Gasteiger partial charge in [-0.1, -0.05) is 56.7 Å². The number of rotatable bonds is 8. The summed E-state index contributed by atoms with van der Waals surface area (Å²) in [5, 5.41) is 0. The summed E-state index contributed by atoms with van der Waals surface area (Å²) in [6, 6.07) is 14.5. The van der Waals surface area contributed by atoms with Crippen LogP contribution in [-0.2, 0) is 11.3 Å². The van der Waals surface area contributed by atoms with Crippen LogP contribution in [0.5, 0.6) is 0 Å². The number of aldehydes is 1. The molecule has 0 N–H and O–H groups in total. The summed E-state index contributed by atoms with van der Waals surface area (Å²) >= 11 is 0. The zero-order valence-electron chi connectivity index (χ0n) is 12.7. The van der Waals surface area contributed by atoms with E-state index in [0.29, 0.717) is 5.57 Å². The van der Waals surface area contributed by atoms with E-state index < -0.39 is 0 Å². The molecule has 1 aromatic carbocycles. The Labute approximate surface area is 127 Å². The molecule has 2 heteroatoms. The van der Waals surface area contributed by atoms with Crippen LogP contribution >= 0.6 is 0 Å². The van der Waals surface area contributed by atoms with E-state index in [1.165, 1.54) is 11.3 Å². The van der Waals surface area contributed by atoms with Crippen molar-refractivity contribution in [2.24, 2.45) is 0 Å². The quantitative estimate of drug-likeness (QED) is 0.513. The van der Waals surface area contributed by atoms with E-state index in [-0.39, 0.29) is 5.92 Å². The lowest BCUT2D eigenvalue weighted by Gasteiger charge is -2.19. The van der Waals surface area contributed by atoms with Gasteiger partial charge in [0, 0.05) is 24.4 Å². The number of hydrogen-bond donors (Lipinski definition) is 0. The van der Waals surface area contributed by atoms with E-state index >= 15 is 0 Å². The van der Waals surface area contributed by atoms with Gasteiger partial charge in [0.25, 0.3) is 0 Å². The summed E-state index contributed by atoms with van der Waals surface area (Å²) in [5.74, 6) is 0.126. The molecule has 1 atom stereocenters. The summed E-state index contributed by atoms with van der Waals surface area (Å²) in [6.07, 6.45) is 6.20. The molecule has 0 spiro atoms. The zero-order chi connectivity index (χ0) is 15.1. The lowest BCUT2D eigenvalue weighted by atomic mass is 9.92. The molecule has 21 heavy (non-hydrogen) atoms. The first-order valence-electron chi connectivity index (χ1n) is 7.59. The summed E-state index contributed by atoms with van der Waals surface area (Å²) < 4.78 is 2.23. The van der Waals surface area contributed by atoms with Crippen molar-refractivity contribution >= 4 is 6.29 Å². The molecule has 2 nitrogen and oxygen atoms in total. The molecule has 0 radical (unpaired) electrons. The Morgan fingerprint density at radius 2 is 2.00 bits per heavy atom. The molecule has 0 saturated heterocycles. The van der Waals surface area contributed by atoms with Gasteiger partial charge < -0.3 is 4.57 Å². The van der Waals surface area contributed by atoms with Crippen molar-refractivity contribution < 1.29 is 4.79 Å². The smallest absolute Gasteiger partial charge is 0.146 e. The number of benzene rings is 1. The number of hydrogen-bond acceptors (Lipinski definition) is 1. The minimum atomic E-state index is 0.126. The predicted molar refractivity (Wildman–Crippen MR) is 87.4 cm³/mol. The molecule has 0 aliphatic carbocycles. The monoisotopic (exact) mass is 281 g/mol. The highest BCUT2D eigenvalue weighted by Gasteiger charge is 2.17. The first-order valence-corrected chi connectivity index (χ1v) is 7.59. The van der Waals surface area contributed by atoms with Crippen molar-refractivity contribution in [3.8, 4) is 0 Å². The Bertz CT molecular complexity index is 583. The van der Waals surface area contributed by atoms with Crippen molar-refractivity contribution in [2.45, 2.75) is 38.6 Å². The Balaban J connectivity index is 2.23. The van der Waals surface area contributed by atoms with Crippen LogP contribution in [0.2, 0.25) is 0 Å². The number of carbonyl (C=O) groups is 1. The van der Waals surface area contributed by atoms with E-state index in [2.05, 4.69) is 60.7 Å². The third-order valence-electron chi connectivity index (χ3n) is 3.86. The molecule has 1 heterocycles. The highest BCUT2D eigenvalue weighted by atomic mass is 16.1. The van der Waals surface area contributed by atoms with E-state index in [1.54, 1.807) is 0 Å². The summed E-state index contributed by atoms with van der Waals surface area (Å²) in [7, 11) is 0. The van der Waals surface area contributed by atoms with Crippen LogP contribution in [0.4, 0.5) is 0 Å². The molecule has 0 fully saturated rings. The fourth-order valence-electron chi connectivity index (χ4n) is 2.68. The Morgan fingerprint density at radius 3 is 2.67 bits per heavy atom. The maximum Gasteiger partial charge on any atom is 0.146 e. The molecule has 2 aromatic rings. The average molecular weight is 281 g/mol. The fourth-order valence-corrected chi connectivity index (χ4v) is 2.68. The van der Waals surface area contributed by atoms with Crippen molar-refractivity contribution in [1.82, 2.24) is 4.57 Å². The third kappa shape index (κ3) is 3.94. The number of nitrogens with zero attached hydrogens (tertiary/aromatic N) is 1. The van der Waals surface area contributed by atoms with Crippen molar-refractivity contribution in [1.29, 1.82) is 0 Å². The van der Waals surface area contributed by atoms with E-state index in [1.807, 2.05) is 6.07 Å². The highest BCUT2D eigenvalue weighted by molar-refractivity contribution is 5.74. The highest BCUT2D eigenvalue weighted by Crippen LogP contribution is 2.28. The SMILES string of the molecule is C=C(C=O)C(CCCC)c1cccn1Cc1ccccc1. The Kier molecular flexibility index (Phi) is 5.56. The number of unbranched alkanes of at least 4 members (excludes halogenated alkanes) is 1. The molecule has 0 amide bonds. The topological polar surface area (TPSA) is 22.0 Å². The molecule has 110 valence electrons. The minimum Gasteiger partial charge on any atom is -0.346 e. The van der Waals surface area contributed by atoms with Gasteiger partial charge in [0.2, 0.25) is 0 Å². The van der Waals surface area contributed by atoms with Gasteiger partial charge in [0.15, 0.2) is 0 Å². The van der Waals surface area contributed by atoms with Crippen molar-refractivity contribution in [2.75, 3.05) is 0 Å². The van der Waals surface area contributed by atoms with Gasteiger partial charge in [-0.3, -0.25) is 4.79 Å². The van der Waals surface area contributed by atoms with Crippen LogP contribution in [0.25, 0.3) is 0 Å².